The molecule has 1 atom stereocenters. The zero-order valence-electron chi connectivity index (χ0n) is 21.4. The Bertz CT molecular complexity index is 1450. The van der Waals surface area contributed by atoms with Gasteiger partial charge in [0.05, 0.1) is 36.8 Å². The Morgan fingerprint density at radius 3 is 2.62 bits per heavy atom. The van der Waals surface area contributed by atoms with Gasteiger partial charge < -0.3 is 14.8 Å². The third-order valence-electron chi connectivity index (χ3n) is 7.04. The lowest BCUT2D eigenvalue weighted by atomic mass is 10.0. The number of methoxy groups -OCH3 is 1. The second-order valence-corrected chi connectivity index (χ2v) is 11.3. The molecule has 11 heteroatoms. The molecule has 3 aromatic rings. The number of benzene rings is 2. The van der Waals surface area contributed by atoms with Crippen LogP contribution in [-0.2, 0) is 21.9 Å². The third kappa shape index (κ3) is 4.81. The number of ether oxygens (including phenoxy) is 2. The van der Waals surface area contributed by atoms with Crippen molar-refractivity contribution in [3.8, 4) is 22.6 Å². The summed E-state index contributed by atoms with van der Waals surface area (Å²) in [5.74, 6) is 1.12. The van der Waals surface area contributed by atoms with E-state index in [4.69, 9.17) is 9.47 Å². The van der Waals surface area contributed by atoms with Crippen molar-refractivity contribution in [2.75, 3.05) is 45.2 Å². The van der Waals surface area contributed by atoms with E-state index in [-0.39, 0.29) is 43.1 Å². The number of hydrogen-bond acceptors (Lipinski definition) is 7. The molecule has 2 aliphatic rings. The van der Waals surface area contributed by atoms with Crippen LogP contribution in [-0.4, -0.2) is 79.2 Å². The molecule has 0 aliphatic carbocycles. The lowest BCUT2D eigenvalue weighted by molar-refractivity contribution is -0.118. The molecule has 1 aromatic heterocycles. The first-order chi connectivity index (χ1) is 17.7. The van der Waals surface area contributed by atoms with Crippen LogP contribution >= 0.6 is 0 Å². The number of amides is 1. The van der Waals surface area contributed by atoms with Crippen LogP contribution in [0.1, 0.15) is 11.4 Å². The Hall–Kier alpha value is -3.41. The maximum Gasteiger partial charge on any atom is 0.246 e. The highest BCUT2D eigenvalue weighted by Gasteiger charge is 2.38. The number of nitrogens with one attached hydrogen (secondary N) is 1. The van der Waals surface area contributed by atoms with Crippen molar-refractivity contribution in [2.45, 2.75) is 24.8 Å². The van der Waals surface area contributed by atoms with E-state index in [2.05, 4.69) is 10.4 Å². The minimum Gasteiger partial charge on any atom is -0.497 e. The molecule has 1 amide bonds. The number of carbonyl (C=O) groups is 1. The smallest absolute Gasteiger partial charge is 0.246 e. The molecule has 0 saturated carbocycles. The fraction of sp³-hybridized carbons (Fsp3) is 0.385. The van der Waals surface area contributed by atoms with E-state index in [0.717, 1.165) is 16.9 Å². The van der Waals surface area contributed by atoms with Crippen LogP contribution in [0.2, 0.25) is 0 Å². The van der Waals surface area contributed by atoms with Crippen LogP contribution in [0.15, 0.2) is 47.4 Å². The number of fused-ring (bicyclic) bond motifs is 2. The van der Waals surface area contributed by atoms with E-state index in [1.165, 1.54) is 4.31 Å². The number of nitrogens with zero attached hydrogens (tertiary/aromatic N) is 4. The van der Waals surface area contributed by atoms with Gasteiger partial charge in [-0.15, -0.1) is 0 Å². The second kappa shape index (κ2) is 9.81. The van der Waals surface area contributed by atoms with Crippen LogP contribution in [0.25, 0.3) is 11.1 Å². The van der Waals surface area contributed by atoms with Crippen molar-refractivity contribution < 1.29 is 22.7 Å². The fourth-order valence-electron chi connectivity index (χ4n) is 5.00. The minimum atomic E-state index is -3.74. The molecule has 0 bridgehead atoms. The summed E-state index contributed by atoms with van der Waals surface area (Å²) in [6.45, 7) is 4.79. The zero-order chi connectivity index (χ0) is 26.3. The summed E-state index contributed by atoms with van der Waals surface area (Å²) < 4.78 is 41.7. The van der Waals surface area contributed by atoms with E-state index in [1.54, 1.807) is 32.7 Å². The Morgan fingerprint density at radius 2 is 1.89 bits per heavy atom. The SMILES string of the molecule is COc1cccc(-c2ccc3c(c2)NC(=O)CN2CCN(S(=O)(=O)c4c(C)nn(C)c4C)C[C@@H]2CO3)c1. The van der Waals surface area contributed by atoms with Gasteiger partial charge in [0.25, 0.3) is 0 Å². The van der Waals surface area contributed by atoms with E-state index >= 15 is 0 Å². The molecule has 3 heterocycles. The summed E-state index contributed by atoms with van der Waals surface area (Å²) in [6.07, 6.45) is 0. The number of rotatable bonds is 4. The Kier molecular flexibility index (Phi) is 6.69. The summed E-state index contributed by atoms with van der Waals surface area (Å²) >= 11 is 0. The van der Waals surface area contributed by atoms with Gasteiger partial charge in [-0.05, 0) is 49.2 Å². The van der Waals surface area contributed by atoms with Crippen molar-refractivity contribution in [1.29, 1.82) is 0 Å². The first kappa shape index (κ1) is 25.2. The summed E-state index contributed by atoms with van der Waals surface area (Å²) in [4.78, 5) is 15.2. The number of piperazine rings is 1. The number of hydrogen-bond donors (Lipinski definition) is 1. The molecule has 0 spiro atoms. The van der Waals surface area contributed by atoms with Crippen LogP contribution in [0.5, 0.6) is 11.5 Å². The molecule has 2 aliphatic heterocycles. The highest BCUT2D eigenvalue weighted by atomic mass is 32.2. The van der Waals surface area contributed by atoms with Gasteiger partial charge in [-0.3, -0.25) is 14.4 Å². The number of carbonyl (C=O) groups excluding carboxylic acids is 1. The molecule has 37 heavy (non-hydrogen) atoms. The normalized spacial score (nSPS) is 19.0. The monoisotopic (exact) mass is 525 g/mol. The standard InChI is InChI=1S/C26H31N5O5S/c1-17-26(18(2)29(3)28-17)37(33,34)31-11-10-30-15-25(32)27-23-13-20(19-6-5-7-22(12-19)35-4)8-9-24(23)36-16-21(30)14-31/h5-9,12-13,21H,10-11,14-16H2,1-4H3,(H,27,32)/t21-/m1/s1. The highest BCUT2D eigenvalue weighted by Crippen LogP contribution is 2.34. The Balaban J connectivity index is 1.39. The molecule has 1 N–H and O–H groups in total. The summed E-state index contributed by atoms with van der Waals surface area (Å²) in [5.41, 5.74) is 3.53. The average molecular weight is 526 g/mol. The maximum atomic E-state index is 13.5. The topological polar surface area (TPSA) is 106 Å². The molecule has 1 saturated heterocycles. The molecule has 0 unspecified atom stereocenters. The van der Waals surface area contributed by atoms with E-state index in [1.807, 2.05) is 47.4 Å². The van der Waals surface area contributed by atoms with Gasteiger partial charge >= 0.3 is 0 Å². The highest BCUT2D eigenvalue weighted by molar-refractivity contribution is 7.89. The molecular weight excluding hydrogens is 494 g/mol. The van der Waals surface area contributed by atoms with Gasteiger partial charge in [0, 0.05) is 26.7 Å². The van der Waals surface area contributed by atoms with Crippen molar-refractivity contribution >= 4 is 21.6 Å². The van der Waals surface area contributed by atoms with Crippen molar-refractivity contribution in [1.82, 2.24) is 19.0 Å². The van der Waals surface area contributed by atoms with Gasteiger partial charge in [0.1, 0.15) is 23.0 Å². The van der Waals surface area contributed by atoms with Crippen molar-refractivity contribution in [3.05, 3.63) is 53.9 Å². The first-order valence-corrected chi connectivity index (χ1v) is 13.6. The predicted molar refractivity (Wildman–Crippen MR) is 139 cm³/mol. The van der Waals surface area contributed by atoms with Crippen LogP contribution in [0.4, 0.5) is 5.69 Å². The molecule has 10 nitrogen and oxygen atoms in total. The second-order valence-electron chi connectivity index (χ2n) is 9.41. The lowest BCUT2D eigenvalue weighted by Gasteiger charge is -2.39. The largest absolute Gasteiger partial charge is 0.497 e. The van der Waals surface area contributed by atoms with Gasteiger partial charge in [0.15, 0.2) is 0 Å². The van der Waals surface area contributed by atoms with Gasteiger partial charge in [-0.25, -0.2) is 8.42 Å². The number of anilines is 1. The molecule has 5 rings (SSSR count). The van der Waals surface area contributed by atoms with E-state index in [0.29, 0.717) is 29.4 Å². The average Bonchev–Trinajstić information content (AvgIpc) is 3.17. The molecule has 1 fully saturated rings. The number of aryl methyl sites for hydroxylation is 2. The minimum absolute atomic E-state index is 0.149. The number of aromatic nitrogens is 2. The maximum absolute atomic E-state index is 13.5. The van der Waals surface area contributed by atoms with Crippen molar-refractivity contribution in [2.24, 2.45) is 7.05 Å². The lowest BCUT2D eigenvalue weighted by Crippen LogP contribution is -2.57. The first-order valence-electron chi connectivity index (χ1n) is 12.1. The van der Waals surface area contributed by atoms with Crippen LogP contribution in [0, 0.1) is 13.8 Å². The summed E-state index contributed by atoms with van der Waals surface area (Å²) in [5, 5.41) is 7.26. The van der Waals surface area contributed by atoms with Crippen LogP contribution in [0.3, 0.4) is 0 Å². The van der Waals surface area contributed by atoms with E-state index < -0.39 is 10.0 Å². The molecule has 0 radical (unpaired) electrons. The van der Waals surface area contributed by atoms with Crippen LogP contribution < -0.4 is 14.8 Å². The summed E-state index contributed by atoms with van der Waals surface area (Å²) in [6, 6.07) is 13.1. The van der Waals surface area contributed by atoms with Gasteiger partial charge in [0.2, 0.25) is 15.9 Å². The predicted octanol–water partition coefficient (Wildman–Crippen LogP) is 2.42. The number of sulfonamides is 1. The quantitative estimate of drug-likeness (QED) is 0.558. The zero-order valence-corrected chi connectivity index (χ0v) is 22.2. The Labute approximate surface area is 216 Å². The van der Waals surface area contributed by atoms with Crippen molar-refractivity contribution in [3.63, 3.8) is 0 Å². The van der Waals surface area contributed by atoms with Gasteiger partial charge in [-0.1, -0.05) is 18.2 Å². The molecular formula is C26H31N5O5S. The Morgan fingerprint density at radius 1 is 1.11 bits per heavy atom. The third-order valence-corrected chi connectivity index (χ3v) is 9.16. The molecule has 2 aromatic carbocycles. The van der Waals surface area contributed by atoms with Gasteiger partial charge in [-0.2, -0.15) is 9.40 Å². The summed E-state index contributed by atoms with van der Waals surface area (Å²) in [7, 11) is -0.383. The fourth-order valence-corrected chi connectivity index (χ4v) is 6.87. The molecule has 196 valence electrons. The van der Waals surface area contributed by atoms with E-state index in [9.17, 15) is 13.2 Å².